The van der Waals surface area contributed by atoms with Gasteiger partial charge in [-0.05, 0) is 114 Å². The number of methoxy groups -OCH3 is 2. The van der Waals surface area contributed by atoms with E-state index in [0.29, 0.717) is 92.5 Å². The number of pyridine rings is 7. The van der Waals surface area contributed by atoms with Gasteiger partial charge in [0.15, 0.2) is 124 Å². The van der Waals surface area contributed by atoms with Crippen molar-refractivity contribution in [3.8, 4) is 40.2 Å². The maximum Gasteiger partial charge on any atom is 0.409 e. The highest BCUT2D eigenvalue weighted by Gasteiger charge is 2.58. The normalized spacial score (nSPS) is 27.2. The molecular weight excluding hydrogens is 1950 g/mol. The number of hydrogen-bond acceptors (Lipinski definition) is 30. The lowest BCUT2D eigenvalue weighted by atomic mass is 10.0. The second-order valence-corrected chi connectivity index (χ2v) is 38.8. The van der Waals surface area contributed by atoms with Crippen molar-refractivity contribution in [2.24, 2.45) is 0 Å². The molecule has 7 amide bonds. The third-order valence-electron chi connectivity index (χ3n) is 29.3. The van der Waals surface area contributed by atoms with E-state index in [-0.39, 0.29) is 168 Å². The average molecular weight is 2060 g/mol. The third kappa shape index (κ3) is 18.3. The Hall–Kier alpha value is -13.3. The maximum absolute atomic E-state index is 13.7. The summed E-state index contributed by atoms with van der Waals surface area (Å²) >= 11 is 0. The summed E-state index contributed by atoms with van der Waals surface area (Å²) in [5.74, 6) is -14.4. The van der Waals surface area contributed by atoms with E-state index >= 15 is 0 Å². The second kappa shape index (κ2) is 39.5. The van der Waals surface area contributed by atoms with Gasteiger partial charge in [0.25, 0.3) is 53.2 Å². The van der Waals surface area contributed by atoms with Gasteiger partial charge in [-0.3, -0.25) is 72.0 Å². The molecular formula is C95H109F7N14O30. The monoisotopic (exact) mass is 2060 g/mol. The Labute approximate surface area is 823 Å². The Balaban J connectivity index is 0.000000117. The number of nitrogens with zero attached hydrogens (tertiary/aromatic N) is 14. The number of aromatic hydroxyl groups is 7. The fourth-order valence-electron chi connectivity index (χ4n) is 21.8. The fraction of sp³-hybridized carbons (Fsp3) is 0.558. The zero-order chi connectivity index (χ0) is 106. The fourth-order valence-corrected chi connectivity index (χ4v) is 21.8. The standard InChI is InChI=1S/2C14H18N2O5.2C14H16N2O4.C13H13F3N2O4.2C13H14F2N2O4/c1-8-5-15-6-10-16(9(7-20-2)3-4-21-10)14(19)11(15)13(18)12(8)17;1-8-5-15-6-10-16(4-3-9(21-10)7-20-2)14(19)11(15)13(18)12(8)17;1-7-5-15-6-10-16(8-2-3-9(4-8)20-10)14(19)11(15)13(18)12(7)17;1-7-5-15-6-10-16(8-3-2-4-9(8)20-10)14(19)11(15)13(18)12(7)17;1-6-4-17-5-8-18(7(2-3-22-8)13(14,15)16)12(21)9(17)11(20)10(6)19;2*1-6-3-16-4-8-17(7(2)13(14,15)5-21-8)12(20)9(16)11(19)10(6)18/h2*5,9-10,18H,3-4,6-7H2,1-2H3;2*5,8-10,18H,2-4,6H2,1H3;4,7-8,20H,2-3,5H2,1H3;2*3,7-8,19H,4-5H2,1-2H3/t2*9-,10-;2*8-,9+,10+;3*7-,8+/m0011010/s1. The van der Waals surface area contributed by atoms with Crippen LogP contribution in [0.4, 0.5) is 30.7 Å². The maximum atomic E-state index is 13.7. The van der Waals surface area contributed by atoms with Gasteiger partial charge in [-0.1, -0.05) is 0 Å². The molecule has 0 spiro atoms. The van der Waals surface area contributed by atoms with Crippen molar-refractivity contribution < 1.29 is 143 Å². The molecule has 0 aromatic carbocycles. The van der Waals surface area contributed by atoms with Crippen LogP contribution >= 0.6 is 0 Å². The van der Waals surface area contributed by atoms with Crippen LogP contribution in [0.2, 0.25) is 0 Å². The molecule has 16 aliphatic rings. The largest absolute Gasteiger partial charge is 0.503 e. The molecule has 21 heterocycles. The number of carbonyl (C=O) groups is 7. The summed E-state index contributed by atoms with van der Waals surface area (Å²) in [6.45, 7) is 15.6. The molecule has 14 aliphatic heterocycles. The number of ether oxygens (including phenoxy) is 9. The van der Waals surface area contributed by atoms with Gasteiger partial charge in [-0.25, -0.2) is 17.6 Å². The highest BCUT2D eigenvalue weighted by Crippen LogP contribution is 2.45. The van der Waals surface area contributed by atoms with E-state index in [4.69, 9.17) is 42.6 Å². The van der Waals surface area contributed by atoms with Gasteiger partial charge < -0.3 is 140 Å². The Morgan fingerprint density at radius 2 is 0.685 bits per heavy atom. The van der Waals surface area contributed by atoms with Crippen LogP contribution in [0.15, 0.2) is 76.9 Å². The van der Waals surface area contributed by atoms with Crippen LogP contribution in [0.3, 0.4) is 0 Å². The van der Waals surface area contributed by atoms with Crippen molar-refractivity contribution in [2.45, 2.75) is 282 Å². The molecule has 16 atom stereocenters. The predicted octanol–water partition coefficient (Wildman–Crippen LogP) is 3.74. The highest BCUT2D eigenvalue weighted by molar-refractivity contribution is 6.00. The van der Waals surface area contributed by atoms with E-state index in [0.717, 1.165) is 48.3 Å². The van der Waals surface area contributed by atoms with Crippen molar-refractivity contribution in [1.82, 2.24) is 66.3 Å². The molecule has 7 aromatic rings. The van der Waals surface area contributed by atoms with E-state index in [9.17, 15) is 134 Å². The molecule has 0 radical (unpaired) electrons. The summed E-state index contributed by atoms with van der Waals surface area (Å²) in [6.07, 6.45) is 8.99. The SMILES string of the molecule is COC[C@@H]1CCN2C(=O)c3c(O)c(=O)c(C)cn3C[C@@H]2O1.COC[C@@H]1CCO[C@H]2Cn3cc(C)c(=O)c(O)c3C(=O)N12.Cc1cn2c(c(O)c1=O)C(=O)N1[C@@H](C)C(F)(F)CO[C@@H]1C2.Cc1cn2c(c(O)c1=O)C(=O)N1[C@@H]3CC[C@@H](C3)O[C@H]1C2.Cc1cn2c(c(O)c1=O)C(=O)N1[C@H](C(F)(F)F)CCO[C@@H]1C2.Cc1cn2c(c(O)c1=O)C(=O)N1[C@H](C2)OCC(F)(F)[C@H]1C.Cc1cn2c(c(O)c1=O)C(=O)N1[C@H](C2)O[C@H]2CCC[C@H]21. The Kier molecular flexibility index (Phi) is 28.1. The van der Waals surface area contributed by atoms with Crippen molar-refractivity contribution in [3.63, 3.8) is 0 Å². The van der Waals surface area contributed by atoms with Crippen molar-refractivity contribution >= 4 is 41.4 Å². The number of hydrogen-bond donors (Lipinski definition) is 7. The van der Waals surface area contributed by atoms with Gasteiger partial charge in [-0.2, -0.15) is 13.2 Å². The van der Waals surface area contributed by atoms with Crippen molar-refractivity contribution in [2.75, 3.05) is 60.4 Å². The van der Waals surface area contributed by atoms with Crippen LogP contribution in [0.25, 0.3) is 0 Å². The topological polar surface area (TPSA) is 521 Å². The molecule has 146 heavy (non-hydrogen) atoms. The number of aryl methyl sites for hydroxylation is 7. The summed E-state index contributed by atoms with van der Waals surface area (Å²) in [6, 6.07) is -4.55. The van der Waals surface area contributed by atoms with Gasteiger partial charge in [-0.15, -0.1) is 0 Å². The van der Waals surface area contributed by atoms with E-state index in [1.165, 1.54) is 66.9 Å². The van der Waals surface area contributed by atoms with Crippen molar-refractivity contribution in [1.29, 1.82) is 0 Å². The number of alkyl halides is 7. The molecule has 2 aliphatic carbocycles. The van der Waals surface area contributed by atoms with E-state index < -0.39 is 170 Å². The van der Waals surface area contributed by atoms with Gasteiger partial charge in [0.1, 0.15) is 19.3 Å². The van der Waals surface area contributed by atoms with Crippen LogP contribution < -0.4 is 38.0 Å². The first-order chi connectivity index (χ1) is 68.9. The van der Waals surface area contributed by atoms with Crippen LogP contribution in [0.1, 0.15) is 184 Å². The number of carbonyl (C=O) groups excluding carboxylic acids is 7. The summed E-state index contributed by atoms with van der Waals surface area (Å²) in [5.41, 5.74) is -2.30. The summed E-state index contributed by atoms with van der Waals surface area (Å²) < 4.78 is 154. The van der Waals surface area contributed by atoms with E-state index in [1.807, 2.05) is 0 Å². The molecule has 2 bridgehead atoms. The van der Waals surface area contributed by atoms with Gasteiger partial charge in [0.2, 0.25) is 38.0 Å². The predicted molar refractivity (Wildman–Crippen MR) is 488 cm³/mol. The number of rotatable bonds is 4. The van der Waals surface area contributed by atoms with Gasteiger partial charge >= 0.3 is 6.18 Å². The molecule has 7 N–H and O–H groups in total. The smallest absolute Gasteiger partial charge is 0.409 e. The number of fused-ring (bicyclic) bond motifs is 19. The third-order valence-corrected chi connectivity index (χ3v) is 29.3. The zero-order valence-corrected chi connectivity index (χ0v) is 81.0. The molecule has 51 heteroatoms. The molecule has 23 rings (SSSR count). The zero-order valence-electron chi connectivity index (χ0n) is 81.0. The lowest BCUT2D eigenvalue weighted by molar-refractivity contribution is -0.229. The Morgan fingerprint density at radius 1 is 0.356 bits per heavy atom. The summed E-state index contributed by atoms with van der Waals surface area (Å²) in [4.78, 5) is 179. The minimum Gasteiger partial charge on any atom is -0.503 e. The van der Waals surface area contributed by atoms with Crippen LogP contribution in [-0.2, 0) is 88.4 Å². The van der Waals surface area contributed by atoms with Crippen LogP contribution in [0, 0.1) is 48.5 Å². The second-order valence-electron chi connectivity index (χ2n) is 38.8. The van der Waals surface area contributed by atoms with Crippen molar-refractivity contribution in [3.05, 3.63) is 194 Å². The molecule has 44 nitrogen and oxygen atoms in total. The molecule has 0 unspecified atom stereocenters. The summed E-state index contributed by atoms with van der Waals surface area (Å²) in [7, 11) is 3.20. The lowest BCUT2D eigenvalue weighted by Gasteiger charge is -2.47. The van der Waals surface area contributed by atoms with Crippen LogP contribution in [0.5, 0.6) is 40.2 Å². The van der Waals surface area contributed by atoms with E-state index in [2.05, 4.69) is 0 Å². The summed E-state index contributed by atoms with van der Waals surface area (Å²) in [5, 5.41) is 69.7. The molecule has 788 valence electrons. The Bertz CT molecular complexity index is 6830. The van der Waals surface area contributed by atoms with E-state index in [1.54, 1.807) is 105 Å². The first-order valence-corrected chi connectivity index (χ1v) is 47.4. The number of amides is 7. The van der Waals surface area contributed by atoms with Gasteiger partial charge in [0, 0.05) is 116 Å². The highest BCUT2D eigenvalue weighted by atomic mass is 19.4. The Morgan fingerprint density at radius 3 is 1.08 bits per heavy atom. The first-order valence-electron chi connectivity index (χ1n) is 47.4. The molecule has 9 fully saturated rings. The van der Waals surface area contributed by atoms with Gasteiger partial charge in [0.05, 0.1) is 115 Å². The lowest BCUT2D eigenvalue weighted by Crippen LogP contribution is -2.64. The van der Waals surface area contributed by atoms with Crippen LogP contribution in [-0.4, -0.2) is 320 Å². The average Bonchev–Trinajstić information content (AvgIpc) is 1.55. The minimum atomic E-state index is -4.60. The minimum absolute atomic E-state index is 0.0356. The molecule has 7 aromatic heterocycles. The molecule has 7 saturated heterocycles. The first kappa shape index (κ1) is 104. The quantitative estimate of drug-likeness (QED) is 0.123. The number of halogens is 7. The molecule has 2 saturated carbocycles. The number of aromatic nitrogens is 7.